The molecular weight excluding hydrogens is 240 g/mol. The number of carbonyl (C=O) groups is 1. The summed E-state index contributed by atoms with van der Waals surface area (Å²) in [7, 11) is 1.35. The summed E-state index contributed by atoms with van der Waals surface area (Å²) in [6.45, 7) is 0.599. The van der Waals surface area contributed by atoms with E-state index < -0.39 is 0 Å². The van der Waals surface area contributed by atoms with Crippen LogP contribution in [0.2, 0.25) is 0 Å². The average molecular weight is 254 g/mol. The number of ether oxygens (including phenoxy) is 1. The number of benzene rings is 1. The van der Waals surface area contributed by atoms with E-state index in [4.69, 9.17) is 6.42 Å². The molecule has 0 atom stereocenters. The van der Waals surface area contributed by atoms with E-state index in [-0.39, 0.29) is 5.97 Å². The van der Waals surface area contributed by atoms with E-state index in [1.807, 2.05) is 24.3 Å². The fourth-order valence-electron chi connectivity index (χ4n) is 1.69. The Kier molecular flexibility index (Phi) is 3.89. The van der Waals surface area contributed by atoms with Gasteiger partial charge in [-0.3, -0.25) is 0 Å². The summed E-state index contributed by atoms with van der Waals surface area (Å²) < 4.78 is 4.63. The summed E-state index contributed by atoms with van der Waals surface area (Å²) in [6.07, 6.45) is 7.11. The van der Waals surface area contributed by atoms with Gasteiger partial charge in [0.15, 0.2) is 0 Å². The average Bonchev–Trinajstić information content (AvgIpc) is 2.93. The molecule has 19 heavy (non-hydrogen) atoms. The highest BCUT2D eigenvalue weighted by molar-refractivity contribution is 5.87. The van der Waals surface area contributed by atoms with Crippen molar-refractivity contribution < 1.29 is 9.53 Å². The first-order valence-electron chi connectivity index (χ1n) is 5.79. The number of hydrogen-bond donors (Lipinski definition) is 2. The molecule has 0 aliphatic carbocycles. The zero-order valence-electron chi connectivity index (χ0n) is 10.6. The van der Waals surface area contributed by atoms with Gasteiger partial charge in [-0.15, -0.1) is 6.42 Å². The lowest BCUT2D eigenvalue weighted by atomic mass is 10.2. The maximum Gasteiger partial charge on any atom is 0.354 e. The second kappa shape index (κ2) is 5.78. The van der Waals surface area contributed by atoms with Crippen LogP contribution in [-0.2, 0) is 11.3 Å². The third-order valence-corrected chi connectivity index (χ3v) is 2.67. The van der Waals surface area contributed by atoms with Crippen molar-refractivity contribution in [2.75, 3.05) is 12.4 Å². The summed E-state index contributed by atoms with van der Waals surface area (Å²) >= 11 is 0. The minimum atomic E-state index is -0.374. The van der Waals surface area contributed by atoms with Crippen molar-refractivity contribution in [2.24, 2.45) is 0 Å². The highest BCUT2D eigenvalue weighted by Crippen LogP contribution is 2.12. The largest absolute Gasteiger partial charge is 0.464 e. The summed E-state index contributed by atoms with van der Waals surface area (Å²) in [5, 5.41) is 3.24. The molecule has 0 aliphatic rings. The van der Waals surface area contributed by atoms with Crippen molar-refractivity contribution in [1.29, 1.82) is 0 Å². The molecule has 2 rings (SSSR count). The fraction of sp³-hybridized carbons (Fsp3) is 0.133. The molecule has 1 heterocycles. The lowest BCUT2D eigenvalue weighted by molar-refractivity contribution is 0.0595. The fourth-order valence-corrected chi connectivity index (χ4v) is 1.69. The molecule has 1 aromatic heterocycles. The number of terminal acetylenes is 1. The van der Waals surface area contributed by atoms with Crippen molar-refractivity contribution in [3.8, 4) is 12.3 Å². The van der Waals surface area contributed by atoms with Gasteiger partial charge in [0.1, 0.15) is 5.69 Å². The molecule has 0 fully saturated rings. The number of anilines is 1. The summed E-state index contributed by atoms with van der Waals surface area (Å²) in [5.74, 6) is 2.21. The molecule has 0 unspecified atom stereocenters. The van der Waals surface area contributed by atoms with Gasteiger partial charge in [0, 0.05) is 24.0 Å². The Bertz CT molecular complexity index is 623. The Morgan fingerprint density at radius 3 is 3.05 bits per heavy atom. The summed E-state index contributed by atoms with van der Waals surface area (Å²) in [5.41, 5.74) is 3.17. The van der Waals surface area contributed by atoms with Gasteiger partial charge in [-0.05, 0) is 29.8 Å². The molecule has 0 radical (unpaired) electrons. The SMILES string of the molecule is C#Cc1cccc(NCc2c[nH]c(C(=O)OC)c2)c1. The van der Waals surface area contributed by atoms with E-state index in [1.165, 1.54) is 7.11 Å². The number of esters is 1. The molecule has 2 N–H and O–H groups in total. The second-order valence-electron chi connectivity index (χ2n) is 3.99. The van der Waals surface area contributed by atoms with Gasteiger partial charge in [0.05, 0.1) is 7.11 Å². The van der Waals surface area contributed by atoms with Gasteiger partial charge in [-0.1, -0.05) is 12.0 Å². The van der Waals surface area contributed by atoms with Crippen LogP contribution in [0, 0.1) is 12.3 Å². The molecule has 96 valence electrons. The molecule has 0 amide bonds. The molecule has 0 saturated carbocycles. The zero-order chi connectivity index (χ0) is 13.7. The van der Waals surface area contributed by atoms with Gasteiger partial charge >= 0.3 is 5.97 Å². The monoisotopic (exact) mass is 254 g/mol. The van der Waals surface area contributed by atoms with Gasteiger partial charge in [-0.25, -0.2) is 4.79 Å². The number of nitrogens with one attached hydrogen (secondary N) is 2. The molecule has 4 nitrogen and oxygen atoms in total. The predicted octanol–water partition coefficient (Wildman–Crippen LogP) is 2.39. The number of carbonyl (C=O) groups excluding carboxylic acids is 1. The Morgan fingerprint density at radius 2 is 2.32 bits per heavy atom. The van der Waals surface area contributed by atoms with Crippen molar-refractivity contribution in [1.82, 2.24) is 4.98 Å². The van der Waals surface area contributed by atoms with Crippen LogP contribution in [0.3, 0.4) is 0 Å². The van der Waals surface area contributed by atoms with Crippen LogP contribution in [-0.4, -0.2) is 18.1 Å². The van der Waals surface area contributed by atoms with Crippen molar-refractivity contribution >= 4 is 11.7 Å². The number of H-pyrrole nitrogens is 1. The first kappa shape index (κ1) is 12.8. The number of aromatic amines is 1. The van der Waals surface area contributed by atoms with E-state index in [1.54, 1.807) is 12.3 Å². The molecule has 0 aliphatic heterocycles. The Morgan fingerprint density at radius 1 is 1.47 bits per heavy atom. The standard InChI is InChI=1S/C15H14N2O2/c1-3-11-5-4-6-13(7-11)16-9-12-8-14(17-10-12)15(18)19-2/h1,4-8,10,16-17H,9H2,2H3. The molecule has 2 aromatic rings. The second-order valence-corrected chi connectivity index (χ2v) is 3.99. The van der Waals surface area contributed by atoms with Crippen LogP contribution in [0.4, 0.5) is 5.69 Å². The van der Waals surface area contributed by atoms with E-state index >= 15 is 0 Å². The van der Waals surface area contributed by atoms with E-state index in [9.17, 15) is 4.79 Å². The van der Waals surface area contributed by atoms with Crippen LogP contribution in [0.5, 0.6) is 0 Å². The summed E-state index contributed by atoms with van der Waals surface area (Å²) in [4.78, 5) is 14.2. The molecule has 0 spiro atoms. The van der Waals surface area contributed by atoms with Crippen molar-refractivity contribution in [3.05, 3.63) is 53.3 Å². The van der Waals surface area contributed by atoms with Crippen molar-refractivity contribution in [3.63, 3.8) is 0 Å². The third kappa shape index (κ3) is 3.17. The normalized spacial score (nSPS) is 9.68. The van der Waals surface area contributed by atoms with E-state index in [0.717, 1.165) is 16.8 Å². The molecule has 4 heteroatoms. The first-order valence-corrected chi connectivity index (χ1v) is 5.79. The topological polar surface area (TPSA) is 54.1 Å². The molecule has 1 aromatic carbocycles. The van der Waals surface area contributed by atoms with Crippen LogP contribution in [0.25, 0.3) is 0 Å². The number of aromatic nitrogens is 1. The van der Waals surface area contributed by atoms with Gasteiger partial charge in [-0.2, -0.15) is 0 Å². The van der Waals surface area contributed by atoms with Crippen LogP contribution >= 0.6 is 0 Å². The maximum absolute atomic E-state index is 11.3. The highest BCUT2D eigenvalue weighted by atomic mass is 16.5. The number of methoxy groups -OCH3 is 1. The smallest absolute Gasteiger partial charge is 0.354 e. The van der Waals surface area contributed by atoms with E-state index in [0.29, 0.717) is 12.2 Å². The Labute approximate surface area is 111 Å². The Hall–Kier alpha value is -2.67. The molecule has 0 saturated heterocycles. The minimum Gasteiger partial charge on any atom is -0.464 e. The van der Waals surface area contributed by atoms with Crippen LogP contribution < -0.4 is 5.32 Å². The molecular formula is C15H14N2O2. The quantitative estimate of drug-likeness (QED) is 0.650. The predicted molar refractivity (Wildman–Crippen MR) is 73.8 cm³/mol. The lowest BCUT2D eigenvalue weighted by Crippen LogP contribution is -2.01. The highest BCUT2D eigenvalue weighted by Gasteiger charge is 2.07. The Balaban J connectivity index is 2.00. The third-order valence-electron chi connectivity index (χ3n) is 2.67. The van der Waals surface area contributed by atoms with Crippen LogP contribution in [0.1, 0.15) is 21.6 Å². The van der Waals surface area contributed by atoms with Crippen LogP contribution in [0.15, 0.2) is 36.5 Å². The van der Waals surface area contributed by atoms with E-state index in [2.05, 4.69) is 21.0 Å². The van der Waals surface area contributed by atoms with Gasteiger partial charge in [0.25, 0.3) is 0 Å². The lowest BCUT2D eigenvalue weighted by Gasteiger charge is -2.05. The van der Waals surface area contributed by atoms with Gasteiger partial charge in [0.2, 0.25) is 0 Å². The number of hydrogen-bond acceptors (Lipinski definition) is 3. The summed E-state index contributed by atoms with van der Waals surface area (Å²) in [6, 6.07) is 9.36. The van der Waals surface area contributed by atoms with Crippen molar-refractivity contribution in [2.45, 2.75) is 6.54 Å². The first-order chi connectivity index (χ1) is 9.22. The number of rotatable bonds is 4. The minimum absolute atomic E-state index is 0.374. The maximum atomic E-state index is 11.3. The molecule has 0 bridgehead atoms. The zero-order valence-corrected chi connectivity index (χ0v) is 10.6. The van der Waals surface area contributed by atoms with Gasteiger partial charge < -0.3 is 15.0 Å².